The third-order valence-electron chi connectivity index (χ3n) is 2.18. The lowest BCUT2D eigenvalue weighted by molar-refractivity contribution is -0.129. The molecule has 1 aromatic heterocycles. The molecule has 3 heteroatoms. The van der Waals surface area contributed by atoms with E-state index < -0.39 is 0 Å². The minimum absolute atomic E-state index is 0.0819. The lowest BCUT2D eigenvalue weighted by Crippen LogP contribution is -2.41. The van der Waals surface area contributed by atoms with Crippen molar-refractivity contribution in [1.82, 2.24) is 5.32 Å². The molecule has 3 nitrogen and oxygen atoms in total. The van der Waals surface area contributed by atoms with E-state index in [2.05, 4.69) is 5.32 Å². The summed E-state index contributed by atoms with van der Waals surface area (Å²) in [5, 5.41) is 2.98. The number of hydrogen-bond donors (Lipinski definition) is 1. The second-order valence-corrected chi connectivity index (χ2v) is 4.96. The zero-order valence-electron chi connectivity index (χ0n) is 9.83. The summed E-state index contributed by atoms with van der Waals surface area (Å²) in [5.41, 5.74) is 0.779. The molecule has 84 valence electrons. The van der Waals surface area contributed by atoms with Gasteiger partial charge in [0.15, 0.2) is 0 Å². The highest BCUT2D eigenvalue weighted by molar-refractivity contribution is 5.81. The van der Waals surface area contributed by atoms with Gasteiger partial charge < -0.3 is 9.73 Å². The molecule has 0 spiro atoms. The molecular weight excluding hydrogens is 190 g/mol. The van der Waals surface area contributed by atoms with Crippen LogP contribution in [0.4, 0.5) is 0 Å². The van der Waals surface area contributed by atoms with Gasteiger partial charge in [-0.15, -0.1) is 0 Å². The Hall–Kier alpha value is -1.25. The fraction of sp³-hybridized carbons (Fsp3) is 0.583. The molecule has 0 fully saturated rings. The Bertz CT molecular complexity index is 309. The van der Waals surface area contributed by atoms with E-state index in [9.17, 15) is 4.79 Å². The van der Waals surface area contributed by atoms with Crippen molar-refractivity contribution < 1.29 is 9.21 Å². The molecule has 0 aliphatic rings. The van der Waals surface area contributed by atoms with Crippen molar-refractivity contribution in [3.05, 3.63) is 24.2 Å². The number of carbonyl (C=O) groups is 1. The third-order valence-corrected chi connectivity index (χ3v) is 2.18. The highest BCUT2D eigenvalue weighted by Crippen LogP contribution is 2.13. The topological polar surface area (TPSA) is 42.2 Å². The van der Waals surface area contributed by atoms with Gasteiger partial charge in [-0.25, -0.2) is 0 Å². The van der Waals surface area contributed by atoms with Crippen LogP contribution in [0, 0.1) is 5.41 Å². The molecule has 0 radical (unpaired) electrons. The Morgan fingerprint density at radius 3 is 2.67 bits per heavy atom. The number of rotatable bonds is 3. The van der Waals surface area contributed by atoms with Crippen LogP contribution in [0.25, 0.3) is 0 Å². The smallest absolute Gasteiger partial charge is 0.225 e. The van der Waals surface area contributed by atoms with Gasteiger partial charge in [0.05, 0.1) is 12.5 Å². The molecule has 0 aliphatic carbocycles. The monoisotopic (exact) mass is 209 g/mol. The van der Waals surface area contributed by atoms with Crippen LogP contribution in [0.3, 0.4) is 0 Å². The van der Waals surface area contributed by atoms with E-state index in [0.717, 1.165) is 12.0 Å². The Morgan fingerprint density at radius 1 is 1.53 bits per heavy atom. The van der Waals surface area contributed by atoms with E-state index in [1.165, 1.54) is 0 Å². The van der Waals surface area contributed by atoms with Gasteiger partial charge in [-0.3, -0.25) is 4.79 Å². The fourth-order valence-corrected chi connectivity index (χ4v) is 1.25. The number of carbonyl (C=O) groups excluding carboxylic acids is 1. The van der Waals surface area contributed by atoms with E-state index in [-0.39, 0.29) is 17.4 Å². The molecule has 1 rings (SSSR count). The van der Waals surface area contributed by atoms with Crippen LogP contribution < -0.4 is 5.32 Å². The zero-order chi connectivity index (χ0) is 11.5. The molecule has 1 atom stereocenters. The van der Waals surface area contributed by atoms with Gasteiger partial charge in [0, 0.05) is 11.5 Å². The maximum atomic E-state index is 11.7. The maximum absolute atomic E-state index is 11.7. The lowest BCUT2D eigenvalue weighted by atomic mass is 9.95. The predicted molar refractivity (Wildman–Crippen MR) is 59.5 cm³/mol. The minimum Gasteiger partial charge on any atom is -0.472 e. The molecular formula is C12H19NO2. The average molecular weight is 209 g/mol. The number of nitrogens with one attached hydrogen (secondary N) is 1. The molecule has 0 aromatic carbocycles. The average Bonchev–Trinajstić information content (AvgIpc) is 2.54. The van der Waals surface area contributed by atoms with Gasteiger partial charge in [-0.05, 0) is 25.0 Å². The second-order valence-electron chi connectivity index (χ2n) is 4.96. The van der Waals surface area contributed by atoms with Crippen molar-refractivity contribution in [2.45, 2.75) is 40.2 Å². The predicted octanol–water partition coefficient (Wildman–Crippen LogP) is 2.37. The molecule has 1 N–H and O–H groups in total. The molecule has 15 heavy (non-hydrogen) atoms. The SMILES string of the molecule is C[C@@H](Cc1ccoc1)NC(=O)C(C)(C)C. The van der Waals surface area contributed by atoms with E-state index in [0.29, 0.717) is 0 Å². The summed E-state index contributed by atoms with van der Waals surface area (Å²) in [6, 6.07) is 2.05. The summed E-state index contributed by atoms with van der Waals surface area (Å²) in [7, 11) is 0. The maximum Gasteiger partial charge on any atom is 0.225 e. The summed E-state index contributed by atoms with van der Waals surface area (Å²) in [6.07, 6.45) is 4.16. The molecule has 1 amide bonds. The molecule has 0 unspecified atom stereocenters. The summed E-state index contributed by atoms with van der Waals surface area (Å²) < 4.78 is 4.97. The normalized spacial score (nSPS) is 13.6. The van der Waals surface area contributed by atoms with E-state index in [1.54, 1.807) is 12.5 Å². The highest BCUT2D eigenvalue weighted by Gasteiger charge is 2.22. The first-order valence-corrected chi connectivity index (χ1v) is 5.21. The number of furan rings is 1. The van der Waals surface area contributed by atoms with E-state index in [4.69, 9.17) is 4.42 Å². The first-order valence-electron chi connectivity index (χ1n) is 5.21. The van der Waals surface area contributed by atoms with E-state index >= 15 is 0 Å². The minimum atomic E-state index is -0.329. The molecule has 0 bridgehead atoms. The van der Waals surface area contributed by atoms with Crippen molar-refractivity contribution in [3.63, 3.8) is 0 Å². The van der Waals surface area contributed by atoms with Crippen molar-refractivity contribution in [1.29, 1.82) is 0 Å². The second kappa shape index (κ2) is 4.51. The molecule has 0 saturated carbocycles. The summed E-state index contributed by atoms with van der Waals surface area (Å²) in [5.74, 6) is 0.0819. The lowest BCUT2D eigenvalue weighted by Gasteiger charge is -2.21. The van der Waals surface area contributed by atoms with Crippen LogP contribution in [0.15, 0.2) is 23.0 Å². The fourth-order valence-electron chi connectivity index (χ4n) is 1.25. The number of hydrogen-bond acceptors (Lipinski definition) is 2. The summed E-state index contributed by atoms with van der Waals surface area (Å²) >= 11 is 0. The first kappa shape index (κ1) is 11.8. The Labute approximate surface area is 90.9 Å². The van der Waals surface area contributed by atoms with Gasteiger partial charge in [0.1, 0.15) is 0 Å². The van der Waals surface area contributed by atoms with Crippen molar-refractivity contribution in [2.24, 2.45) is 5.41 Å². The third kappa shape index (κ3) is 3.78. The van der Waals surface area contributed by atoms with Gasteiger partial charge in [0.2, 0.25) is 5.91 Å². The summed E-state index contributed by atoms with van der Waals surface area (Å²) in [4.78, 5) is 11.7. The Kier molecular flexibility index (Phi) is 3.56. The number of amides is 1. The highest BCUT2D eigenvalue weighted by atomic mass is 16.3. The van der Waals surface area contributed by atoms with E-state index in [1.807, 2.05) is 33.8 Å². The van der Waals surface area contributed by atoms with Crippen molar-refractivity contribution in [3.8, 4) is 0 Å². The Morgan fingerprint density at radius 2 is 2.20 bits per heavy atom. The van der Waals surface area contributed by atoms with Crippen LogP contribution in [-0.2, 0) is 11.2 Å². The van der Waals surface area contributed by atoms with Crippen LogP contribution >= 0.6 is 0 Å². The van der Waals surface area contributed by atoms with Gasteiger partial charge in [-0.2, -0.15) is 0 Å². The molecule has 1 heterocycles. The summed E-state index contributed by atoms with van der Waals surface area (Å²) in [6.45, 7) is 7.73. The van der Waals surface area contributed by atoms with Crippen LogP contribution in [-0.4, -0.2) is 11.9 Å². The largest absolute Gasteiger partial charge is 0.472 e. The zero-order valence-corrected chi connectivity index (χ0v) is 9.83. The standard InChI is InChI=1S/C12H19NO2/c1-9(7-10-5-6-15-8-10)13-11(14)12(2,3)4/h5-6,8-9H,7H2,1-4H3,(H,13,14)/t9-/m0/s1. The van der Waals surface area contributed by atoms with Crippen LogP contribution in [0.2, 0.25) is 0 Å². The molecule has 0 aliphatic heterocycles. The quantitative estimate of drug-likeness (QED) is 0.830. The Balaban J connectivity index is 2.43. The van der Waals surface area contributed by atoms with Crippen molar-refractivity contribution in [2.75, 3.05) is 0 Å². The van der Waals surface area contributed by atoms with Crippen LogP contribution in [0.1, 0.15) is 33.3 Å². The van der Waals surface area contributed by atoms with Crippen molar-refractivity contribution >= 4 is 5.91 Å². The molecule has 0 saturated heterocycles. The van der Waals surface area contributed by atoms with Gasteiger partial charge in [0.25, 0.3) is 0 Å². The van der Waals surface area contributed by atoms with Gasteiger partial charge in [-0.1, -0.05) is 20.8 Å². The molecule has 1 aromatic rings. The first-order chi connectivity index (χ1) is 6.89. The van der Waals surface area contributed by atoms with Gasteiger partial charge >= 0.3 is 0 Å². The van der Waals surface area contributed by atoms with Crippen LogP contribution in [0.5, 0.6) is 0 Å².